The second-order valence-electron chi connectivity index (χ2n) is 8.35. The minimum atomic E-state index is -1.19. The quantitative estimate of drug-likeness (QED) is 0.289. The fraction of sp³-hybridized carbons (Fsp3) is 0.478. The van der Waals surface area contributed by atoms with Crippen LogP contribution in [0.3, 0.4) is 0 Å². The average molecular weight is 460 g/mol. The van der Waals surface area contributed by atoms with E-state index in [1.807, 2.05) is 38.1 Å². The van der Waals surface area contributed by atoms with Crippen molar-refractivity contribution < 1.29 is 24.3 Å². The van der Waals surface area contributed by atoms with Crippen molar-refractivity contribution in [1.82, 2.24) is 20.9 Å². The van der Waals surface area contributed by atoms with Gasteiger partial charge >= 0.3 is 5.97 Å². The highest BCUT2D eigenvalue weighted by Crippen LogP contribution is 2.19. The van der Waals surface area contributed by atoms with E-state index in [1.54, 1.807) is 6.20 Å². The summed E-state index contributed by atoms with van der Waals surface area (Å²) in [6.45, 7) is 6.55. The molecule has 3 amide bonds. The molecule has 0 aliphatic carbocycles. The Morgan fingerprint density at radius 3 is 2.27 bits per heavy atom. The predicted molar refractivity (Wildman–Crippen MR) is 124 cm³/mol. The van der Waals surface area contributed by atoms with Crippen LogP contribution >= 0.6 is 0 Å². The number of nitrogens with two attached hydrogens (primary N) is 1. The Morgan fingerprint density at radius 1 is 1.00 bits per heavy atom. The number of nitrogens with one attached hydrogen (secondary N) is 4. The molecule has 7 N–H and O–H groups in total. The lowest BCUT2D eigenvalue weighted by Crippen LogP contribution is -2.58. The zero-order chi connectivity index (χ0) is 24.7. The summed E-state index contributed by atoms with van der Waals surface area (Å²) in [5, 5.41) is 17.8. The van der Waals surface area contributed by atoms with E-state index in [1.165, 1.54) is 13.8 Å². The second-order valence-corrected chi connectivity index (χ2v) is 8.35. The number of benzene rings is 1. The number of aromatic amines is 1. The maximum Gasteiger partial charge on any atom is 0.325 e. The lowest BCUT2D eigenvalue weighted by molar-refractivity contribution is -0.141. The van der Waals surface area contributed by atoms with Gasteiger partial charge in [-0.15, -0.1) is 0 Å². The van der Waals surface area contributed by atoms with E-state index in [-0.39, 0.29) is 12.3 Å². The molecular weight excluding hydrogens is 426 g/mol. The van der Waals surface area contributed by atoms with Crippen LogP contribution in [0.2, 0.25) is 0 Å². The maximum absolute atomic E-state index is 13.2. The summed E-state index contributed by atoms with van der Waals surface area (Å²) in [5.74, 6) is -3.07. The van der Waals surface area contributed by atoms with Gasteiger partial charge in [-0.25, -0.2) is 0 Å². The van der Waals surface area contributed by atoms with Gasteiger partial charge in [0.15, 0.2) is 0 Å². The van der Waals surface area contributed by atoms with Gasteiger partial charge < -0.3 is 31.8 Å². The van der Waals surface area contributed by atoms with Crippen LogP contribution in [0.5, 0.6) is 0 Å². The van der Waals surface area contributed by atoms with Gasteiger partial charge in [0, 0.05) is 23.5 Å². The Hall–Kier alpha value is -3.40. The van der Waals surface area contributed by atoms with Gasteiger partial charge in [-0.2, -0.15) is 0 Å². The number of fused-ring (bicyclic) bond motifs is 1. The molecule has 0 fully saturated rings. The average Bonchev–Trinajstić information content (AvgIpc) is 3.18. The van der Waals surface area contributed by atoms with Crippen molar-refractivity contribution in [3.05, 3.63) is 36.0 Å². The molecule has 10 nitrogen and oxygen atoms in total. The molecule has 0 aliphatic heterocycles. The van der Waals surface area contributed by atoms with Gasteiger partial charge in [0.2, 0.25) is 17.7 Å². The number of carboxylic acid groups (broad SMARTS) is 1. The Morgan fingerprint density at radius 2 is 1.67 bits per heavy atom. The van der Waals surface area contributed by atoms with Crippen molar-refractivity contribution in [2.75, 3.05) is 0 Å². The lowest BCUT2D eigenvalue weighted by Gasteiger charge is -2.27. The van der Waals surface area contributed by atoms with E-state index in [9.17, 15) is 24.3 Å². The SMILES string of the molecule is CCC(C)C(NC(=O)C(C)N)C(=O)NC(Cc1c[nH]c2ccccc12)C(=O)NC(C)C(=O)O. The van der Waals surface area contributed by atoms with E-state index in [4.69, 9.17) is 5.73 Å². The summed E-state index contributed by atoms with van der Waals surface area (Å²) in [5.41, 5.74) is 7.29. The number of hydrogen-bond donors (Lipinski definition) is 6. The largest absolute Gasteiger partial charge is 0.480 e. The summed E-state index contributed by atoms with van der Waals surface area (Å²) in [7, 11) is 0. The van der Waals surface area contributed by atoms with Crippen molar-refractivity contribution in [3.8, 4) is 0 Å². The molecule has 1 heterocycles. The first-order chi connectivity index (χ1) is 15.5. The first kappa shape index (κ1) is 25.9. The lowest BCUT2D eigenvalue weighted by atomic mass is 9.96. The van der Waals surface area contributed by atoms with Crippen LogP contribution in [0.1, 0.15) is 39.7 Å². The predicted octanol–water partition coefficient (Wildman–Crippen LogP) is 0.663. The molecule has 33 heavy (non-hydrogen) atoms. The van der Waals surface area contributed by atoms with Gasteiger partial charge in [-0.05, 0) is 31.4 Å². The molecule has 1 aromatic heterocycles. The van der Waals surface area contributed by atoms with E-state index in [2.05, 4.69) is 20.9 Å². The third-order valence-electron chi connectivity index (χ3n) is 5.67. The van der Waals surface area contributed by atoms with Crippen LogP contribution in [0.4, 0.5) is 0 Å². The van der Waals surface area contributed by atoms with Gasteiger partial charge in [-0.3, -0.25) is 19.2 Å². The first-order valence-electron chi connectivity index (χ1n) is 11.0. The van der Waals surface area contributed by atoms with Crippen molar-refractivity contribution in [2.24, 2.45) is 11.7 Å². The molecule has 2 rings (SSSR count). The fourth-order valence-electron chi connectivity index (χ4n) is 3.35. The summed E-state index contributed by atoms with van der Waals surface area (Å²) in [6, 6.07) is 3.63. The maximum atomic E-state index is 13.2. The molecule has 1 aromatic carbocycles. The number of amides is 3. The number of aliphatic carboxylic acids is 1. The van der Waals surface area contributed by atoms with Crippen LogP contribution in [0, 0.1) is 5.92 Å². The van der Waals surface area contributed by atoms with Crippen LogP contribution in [0.25, 0.3) is 10.9 Å². The highest BCUT2D eigenvalue weighted by Gasteiger charge is 2.31. The number of carbonyl (C=O) groups is 4. The molecule has 0 saturated heterocycles. The molecule has 2 aromatic rings. The molecule has 0 saturated carbocycles. The zero-order valence-electron chi connectivity index (χ0n) is 19.3. The van der Waals surface area contributed by atoms with Crippen molar-refractivity contribution in [1.29, 1.82) is 0 Å². The monoisotopic (exact) mass is 459 g/mol. The highest BCUT2D eigenvalue weighted by molar-refractivity contribution is 5.94. The van der Waals surface area contributed by atoms with Crippen LogP contribution in [0.15, 0.2) is 30.5 Å². The standard InChI is InChI=1S/C23H33N5O5/c1-5-12(2)19(28-20(29)13(3)24)22(31)27-18(21(30)26-14(4)23(32)33)10-15-11-25-17-9-7-6-8-16(15)17/h6-9,11-14,18-19,25H,5,10,24H2,1-4H3,(H,26,30)(H,27,31)(H,28,29)(H,32,33). The van der Waals surface area contributed by atoms with Crippen LogP contribution in [-0.4, -0.2) is 57.9 Å². The summed E-state index contributed by atoms with van der Waals surface area (Å²) < 4.78 is 0. The van der Waals surface area contributed by atoms with Crippen LogP contribution in [-0.2, 0) is 25.6 Å². The molecule has 5 unspecified atom stereocenters. The normalized spacial score (nSPS) is 15.7. The number of para-hydroxylation sites is 1. The topological polar surface area (TPSA) is 166 Å². The smallest absolute Gasteiger partial charge is 0.325 e. The number of carboxylic acids is 1. The number of carbonyl (C=O) groups excluding carboxylic acids is 3. The first-order valence-corrected chi connectivity index (χ1v) is 11.0. The molecule has 180 valence electrons. The Bertz CT molecular complexity index is 1000. The minimum absolute atomic E-state index is 0.127. The summed E-state index contributed by atoms with van der Waals surface area (Å²) >= 11 is 0. The third kappa shape index (κ3) is 6.79. The third-order valence-corrected chi connectivity index (χ3v) is 5.67. The van der Waals surface area contributed by atoms with E-state index in [0.717, 1.165) is 16.5 Å². The van der Waals surface area contributed by atoms with Crippen LogP contribution < -0.4 is 21.7 Å². The molecule has 0 bridgehead atoms. The van der Waals surface area contributed by atoms with E-state index >= 15 is 0 Å². The molecule has 5 atom stereocenters. The summed E-state index contributed by atoms with van der Waals surface area (Å²) in [6.07, 6.45) is 2.48. The Balaban J connectivity index is 2.30. The number of aromatic nitrogens is 1. The van der Waals surface area contributed by atoms with Gasteiger partial charge in [0.05, 0.1) is 6.04 Å². The van der Waals surface area contributed by atoms with Gasteiger partial charge in [0.25, 0.3) is 0 Å². The van der Waals surface area contributed by atoms with Crippen molar-refractivity contribution in [3.63, 3.8) is 0 Å². The highest BCUT2D eigenvalue weighted by atomic mass is 16.4. The number of hydrogen-bond acceptors (Lipinski definition) is 5. The van der Waals surface area contributed by atoms with E-state index < -0.39 is 47.9 Å². The second kappa shape index (κ2) is 11.5. The molecule has 0 radical (unpaired) electrons. The van der Waals surface area contributed by atoms with E-state index in [0.29, 0.717) is 6.42 Å². The summed E-state index contributed by atoms with van der Waals surface area (Å²) in [4.78, 5) is 52.6. The Kier molecular flexibility index (Phi) is 8.98. The fourth-order valence-corrected chi connectivity index (χ4v) is 3.35. The number of rotatable bonds is 11. The van der Waals surface area contributed by atoms with Gasteiger partial charge in [0.1, 0.15) is 18.1 Å². The van der Waals surface area contributed by atoms with Crippen molar-refractivity contribution in [2.45, 2.75) is 64.7 Å². The molecule has 0 spiro atoms. The molecular formula is C23H33N5O5. The number of H-pyrrole nitrogens is 1. The zero-order valence-corrected chi connectivity index (χ0v) is 19.3. The Labute approximate surface area is 192 Å². The molecule has 0 aliphatic rings. The minimum Gasteiger partial charge on any atom is -0.480 e. The molecule has 10 heteroatoms. The van der Waals surface area contributed by atoms with Gasteiger partial charge in [-0.1, -0.05) is 38.5 Å². The van der Waals surface area contributed by atoms with Crippen molar-refractivity contribution >= 4 is 34.6 Å².